The molecule has 14 heteroatoms. The summed E-state index contributed by atoms with van der Waals surface area (Å²) < 4.78 is 2.06. The smallest absolute Gasteiger partial charge is 0.264 e. The van der Waals surface area contributed by atoms with Crippen molar-refractivity contribution in [2.75, 3.05) is 22.3 Å². The monoisotopic (exact) mass is 523 g/mol. The maximum atomic E-state index is 12.3. The van der Waals surface area contributed by atoms with Crippen molar-refractivity contribution in [2.45, 2.75) is 47.4 Å². The van der Waals surface area contributed by atoms with Gasteiger partial charge in [0.25, 0.3) is 5.95 Å². The number of anilines is 2. The quantitative estimate of drug-likeness (QED) is 0.163. The summed E-state index contributed by atoms with van der Waals surface area (Å²) in [4.78, 5) is 12.3. The fourth-order valence-corrected chi connectivity index (χ4v) is 5.49. The van der Waals surface area contributed by atoms with E-state index in [9.17, 15) is 4.79 Å². The number of hydrogen-bond acceptors (Lipinski definition) is 11. The number of nitrogens with one attached hydrogen (secondary N) is 2. The average molecular weight is 524 g/mol. The molecule has 2 aromatic heterocycles. The Kier molecular flexibility index (Phi) is 8.42. The number of hydrogen-bond donors (Lipinski definition) is 3. The first-order valence-electron chi connectivity index (χ1n) is 10.2. The van der Waals surface area contributed by atoms with Crippen LogP contribution in [0.4, 0.5) is 11.1 Å². The number of hydrazone groups is 1. The zero-order valence-corrected chi connectivity index (χ0v) is 20.7. The number of thioether (sulfide) groups is 2. The number of nitrogens with zero attached hydrogens (tertiary/aromatic N) is 6. The first-order valence-corrected chi connectivity index (χ1v) is 13.4. The Balaban J connectivity index is 1.22. The molecule has 0 spiro atoms. The summed E-state index contributed by atoms with van der Waals surface area (Å²) in [5.74, 6) is 6.98. The minimum atomic E-state index is -0.231. The van der Waals surface area contributed by atoms with E-state index in [1.54, 1.807) is 11.8 Å². The fourth-order valence-electron chi connectivity index (χ4n) is 2.98. The van der Waals surface area contributed by atoms with Crippen molar-refractivity contribution < 1.29 is 4.79 Å². The second-order valence-electron chi connectivity index (χ2n) is 7.15. The Bertz CT molecular complexity index is 1110. The summed E-state index contributed by atoms with van der Waals surface area (Å²) in [5, 5.41) is 24.9. The van der Waals surface area contributed by atoms with Crippen LogP contribution in [-0.2, 0) is 10.5 Å². The number of halogens is 1. The van der Waals surface area contributed by atoms with E-state index < -0.39 is 0 Å². The lowest BCUT2D eigenvalue weighted by molar-refractivity contribution is -0.113. The molecule has 2 heterocycles. The fraction of sp³-hybridized carbons (Fsp3) is 0.368. The molecule has 0 radical (unpaired) electrons. The number of carbonyl (C=O) groups excluding carboxylic acids is 1. The van der Waals surface area contributed by atoms with Gasteiger partial charge in [0, 0.05) is 16.5 Å². The van der Waals surface area contributed by atoms with Crippen molar-refractivity contribution in [1.29, 1.82) is 0 Å². The van der Waals surface area contributed by atoms with Crippen LogP contribution in [0.5, 0.6) is 0 Å². The maximum absolute atomic E-state index is 12.3. The van der Waals surface area contributed by atoms with Crippen LogP contribution in [0.25, 0.3) is 0 Å². The molecule has 1 aliphatic rings. The van der Waals surface area contributed by atoms with Crippen molar-refractivity contribution in [3.63, 3.8) is 0 Å². The molecule has 1 amide bonds. The number of rotatable bonds is 9. The van der Waals surface area contributed by atoms with Gasteiger partial charge in [0.05, 0.1) is 5.75 Å². The van der Waals surface area contributed by atoms with Crippen LogP contribution < -0.4 is 16.6 Å². The second-order valence-corrected chi connectivity index (χ2v) is 10.7. The second kappa shape index (κ2) is 11.7. The number of benzene rings is 1. The third-order valence-corrected chi connectivity index (χ3v) is 7.91. The molecular formula is C19H22ClN9OS3. The number of amides is 1. The van der Waals surface area contributed by atoms with E-state index in [1.807, 2.05) is 24.3 Å². The SMILES string of the molecule is Nn1c(NN=C2CCCCC2)nnc1SCC(=O)Nc1nnc(SCc2ccc(Cl)cc2)s1. The Morgan fingerprint density at radius 3 is 2.70 bits per heavy atom. The molecule has 1 fully saturated rings. The van der Waals surface area contributed by atoms with E-state index >= 15 is 0 Å². The number of nitrogen functional groups attached to an aromatic ring is 1. The highest BCUT2D eigenvalue weighted by Crippen LogP contribution is 2.29. The van der Waals surface area contributed by atoms with Crippen LogP contribution in [0.3, 0.4) is 0 Å². The molecule has 0 bridgehead atoms. The van der Waals surface area contributed by atoms with Crippen molar-refractivity contribution in [2.24, 2.45) is 5.10 Å². The molecular weight excluding hydrogens is 502 g/mol. The van der Waals surface area contributed by atoms with Crippen LogP contribution in [-0.4, -0.2) is 42.4 Å². The zero-order chi connectivity index (χ0) is 23.0. The van der Waals surface area contributed by atoms with E-state index in [2.05, 4.69) is 36.2 Å². The third kappa shape index (κ3) is 7.06. The lowest BCUT2D eigenvalue weighted by Crippen LogP contribution is -2.17. The first kappa shape index (κ1) is 23.8. The Labute approximate surface area is 208 Å². The van der Waals surface area contributed by atoms with Gasteiger partial charge in [-0.25, -0.2) is 10.1 Å². The molecule has 1 saturated carbocycles. The Hall–Kier alpha value is -2.35. The lowest BCUT2D eigenvalue weighted by atomic mass is 9.99. The van der Waals surface area contributed by atoms with Crippen LogP contribution in [0.15, 0.2) is 38.9 Å². The van der Waals surface area contributed by atoms with E-state index in [0.717, 1.165) is 47.1 Å². The standard InChI is InChI=1S/C19H22ClN9OS3/c20-13-8-6-12(7-9-13)10-32-19-28-26-17(33-19)22-15(30)11-31-18-27-25-16(29(18)21)24-23-14-4-2-1-3-5-14/h6-9H,1-5,10-11,21H2,(H,24,25)(H,22,26,30). The van der Waals surface area contributed by atoms with Gasteiger partial charge >= 0.3 is 0 Å². The van der Waals surface area contributed by atoms with E-state index in [0.29, 0.717) is 21.3 Å². The van der Waals surface area contributed by atoms with Gasteiger partial charge in [-0.1, -0.05) is 65.0 Å². The number of nitrogens with two attached hydrogens (primary N) is 1. The highest BCUT2D eigenvalue weighted by Gasteiger charge is 2.14. The van der Waals surface area contributed by atoms with Gasteiger partial charge in [0.1, 0.15) is 0 Å². The number of aromatic nitrogens is 5. The minimum Gasteiger partial charge on any atom is -0.334 e. The molecule has 1 aliphatic carbocycles. The van der Waals surface area contributed by atoms with Gasteiger partial charge in [0.2, 0.25) is 16.2 Å². The molecule has 4 N–H and O–H groups in total. The summed E-state index contributed by atoms with van der Waals surface area (Å²) in [5.41, 5.74) is 5.12. The third-order valence-electron chi connectivity index (χ3n) is 4.67. The van der Waals surface area contributed by atoms with Gasteiger partial charge in [-0.15, -0.1) is 20.4 Å². The molecule has 0 unspecified atom stereocenters. The van der Waals surface area contributed by atoms with Gasteiger partial charge in [-0.2, -0.15) is 5.10 Å². The van der Waals surface area contributed by atoms with Crippen molar-refractivity contribution >= 4 is 69.2 Å². The number of carbonyl (C=O) groups is 1. The van der Waals surface area contributed by atoms with Crippen LogP contribution in [0, 0.1) is 0 Å². The lowest BCUT2D eigenvalue weighted by Gasteiger charge is -2.12. The Morgan fingerprint density at radius 2 is 1.91 bits per heavy atom. The van der Waals surface area contributed by atoms with E-state index in [-0.39, 0.29) is 11.7 Å². The van der Waals surface area contributed by atoms with Gasteiger partial charge < -0.3 is 5.84 Å². The summed E-state index contributed by atoms with van der Waals surface area (Å²) in [6.07, 6.45) is 5.53. The highest BCUT2D eigenvalue weighted by molar-refractivity contribution is 8.00. The summed E-state index contributed by atoms with van der Waals surface area (Å²) >= 11 is 9.95. The predicted molar refractivity (Wildman–Crippen MR) is 135 cm³/mol. The van der Waals surface area contributed by atoms with Crippen LogP contribution in [0.1, 0.15) is 37.7 Å². The van der Waals surface area contributed by atoms with Gasteiger partial charge in [-0.3, -0.25) is 10.1 Å². The highest BCUT2D eigenvalue weighted by atomic mass is 35.5. The summed E-state index contributed by atoms with van der Waals surface area (Å²) in [7, 11) is 0. The minimum absolute atomic E-state index is 0.108. The average Bonchev–Trinajstić information content (AvgIpc) is 3.42. The maximum Gasteiger partial charge on any atom is 0.264 e. The topological polar surface area (TPSA) is 136 Å². The molecule has 4 rings (SSSR count). The predicted octanol–water partition coefficient (Wildman–Crippen LogP) is 4.25. The van der Waals surface area contributed by atoms with Gasteiger partial charge in [0.15, 0.2) is 4.34 Å². The van der Waals surface area contributed by atoms with Gasteiger partial charge in [-0.05, 0) is 43.4 Å². The molecule has 10 nitrogen and oxygen atoms in total. The molecule has 174 valence electrons. The van der Waals surface area contributed by atoms with Crippen molar-refractivity contribution in [1.82, 2.24) is 25.1 Å². The first-order chi connectivity index (χ1) is 16.1. The molecule has 1 aromatic carbocycles. The summed E-state index contributed by atoms with van der Waals surface area (Å²) in [6, 6.07) is 7.64. The normalized spacial score (nSPS) is 13.7. The Morgan fingerprint density at radius 1 is 1.12 bits per heavy atom. The molecule has 0 aliphatic heterocycles. The zero-order valence-electron chi connectivity index (χ0n) is 17.5. The van der Waals surface area contributed by atoms with Crippen LogP contribution >= 0.6 is 46.5 Å². The van der Waals surface area contributed by atoms with Crippen molar-refractivity contribution in [3.8, 4) is 0 Å². The molecule has 0 saturated heterocycles. The van der Waals surface area contributed by atoms with Crippen LogP contribution in [0.2, 0.25) is 5.02 Å². The van der Waals surface area contributed by atoms with Crippen molar-refractivity contribution in [3.05, 3.63) is 34.9 Å². The molecule has 0 atom stereocenters. The van der Waals surface area contributed by atoms with E-state index in [4.69, 9.17) is 17.4 Å². The summed E-state index contributed by atoms with van der Waals surface area (Å²) in [6.45, 7) is 0. The largest absolute Gasteiger partial charge is 0.334 e. The molecule has 33 heavy (non-hydrogen) atoms. The molecule has 3 aromatic rings. The van der Waals surface area contributed by atoms with E-state index in [1.165, 1.54) is 34.2 Å².